The number of phenols is 1. The number of imidazole rings is 1. The standard InChI is InChI=1S/C59H84N18O14.CH2I2O3S.Na/c1-31(2)22-40(49(82)68-39(12-8-20-64-57(60)61)56(89)77-21-9-13-46(77)55(88)75-76-58(62)90)69-54(87)45(29-91-59(3,4)5)74-50(83)41(23-32-14-16-35(79)17-15-32)70-53(86)44(28-78)73-51(84)42(24-33-26-65-37-11-7-6-10-36(33)37)71-52(85)43(25-34-27-63-30-66-34)72-48(81)38-18-19-47(80)67-38;2-1(3)7(4,5)6;/h6-7,10-11,14-17,26-27,30-31,38-46,65,78-79H,8-9,12-13,18-25,28-29H2,1-5H3,(H,63,66)(H,67,80)(H,68,82)(H,69,87)(H,70,86)(H,71,85)(H,72,81)(H,73,84)(H,74,83)(H,75,88)(H4,60,61,64)(H3,62,76,90);1H,(H,4,5,6);/q;;+1/p-1/t38-,39-,40-,41-,42-,43-,44-,45+,46-;;/m0../s1. The second-order valence-electron chi connectivity index (χ2n) is 24.4. The topological polar surface area (TPSA) is 553 Å². The number of ether oxygens (including phenoxy) is 1. The molecule has 2 saturated heterocycles. The summed E-state index contributed by atoms with van der Waals surface area (Å²) in [5.41, 5.74) is 21.6. The SMILES string of the molecule is CC(C)C[C@H](NC(=O)[C@@H](COC(C)(C)C)NC(=O)[C@H](Cc1ccc(O)cc1)NC(=O)[C@H](CO)NC(=O)[C@H](Cc1c[nH]c2ccccc12)NC(=O)[C@H](Cc1cnc[nH]1)NC(=O)[C@@H]1CCC(=O)N1)C(=O)N[C@@H](CCCN=C(N)N)C(=O)N1CCC[C@H]1C(=O)NNC(N)=O.O=S(=O)([O-])C(I)I.[Na+]. The molecule has 2 aromatic heterocycles. The van der Waals surface area contributed by atoms with Crippen molar-refractivity contribution < 1.29 is 110 Å². The molecule has 0 saturated carbocycles. The number of aromatic nitrogens is 3. The number of nitrogens with zero attached hydrogens (tertiary/aromatic N) is 3. The number of urea groups is 1. The Bertz CT molecular complexity index is 3580. The average molecular weight is 1640 g/mol. The summed E-state index contributed by atoms with van der Waals surface area (Å²) in [4.78, 5) is 167. The molecular formula is C60H85I2N18NaO17S. The molecule has 6 rings (SSSR count). The number of nitrogens with two attached hydrogens (primary N) is 3. The van der Waals surface area contributed by atoms with Crippen LogP contribution in [-0.2, 0) is 82.1 Å². The Labute approximate surface area is 620 Å². The number of aliphatic hydroxyl groups excluding tert-OH is 1. The third kappa shape index (κ3) is 28.2. The molecule has 9 atom stereocenters. The Hall–Kier alpha value is -7.48. The van der Waals surface area contributed by atoms with E-state index in [-0.39, 0.29) is 124 Å². The first kappa shape index (κ1) is 83.9. The molecule has 20 N–H and O–H groups in total. The monoisotopic (exact) mass is 1640 g/mol. The number of rotatable bonds is 32. The van der Waals surface area contributed by atoms with Gasteiger partial charge in [-0.2, -0.15) is 0 Å². The number of carbonyl (C=O) groups is 11. The van der Waals surface area contributed by atoms with Crippen molar-refractivity contribution in [1.29, 1.82) is 0 Å². The van der Waals surface area contributed by atoms with Crippen molar-refractivity contribution in [2.45, 2.75) is 160 Å². The quantitative estimate of drug-likeness (QED) is 0.00317. The van der Waals surface area contributed by atoms with Gasteiger partial charge in [-0.05, 0) is 94.5 Å². The summed E-state index contributed by atoms with van der Waals surface area (Å²) in [5.74, 6) is -8.58. The largest absolute Gasteiger partial charge is 1.00 e. The number of aliphatic imine (C=N–C) groups is 1. The minimum atomic E-state index is -4.02. The predicted molar refractivity (Wildman–Crippen MR) is 370 cm³/mol. The molecule has 2 fully saturated rings. The molecule has 538 valence electrons. The number of amides is 12. The second kappa shape index (κ2) is 40.1. The van der Waals surface area contributed by atoms with Crippen molar-refractivity contribution in [2.24, 2.45) is 28.1 Å². The summed E-state index contributed by atoms with van der Waals surface area (Å²) in [6, 6.07) is -0.716. The summed E-state index contributed by atoms with van der Waals surface area (Å²) in [7, 11) is -4.02. The van der Waals surface area contributed by atoms with Crippen molar-refractivity contribution >= 4 is 137 Å². The Kier molecular flexibility index (Phi) is 34.0. The van der Waals surface area contributed by atoms with E-state index in [1.54, 1.807) is 65.1 Å². The van der Waals surface area contributed by atoms with Crippen LogP contribution in [0.5, 0.6) is 5.75 Å². The number of guanidine groups is 1. The van der Waals surface area contributed by atoms with Crippen molar-refractivity contribution in [1.82, 2.24) is 73.2 Å². The molecule has 2 aliphatic heterocycles. The van der Waals surface area contributed by atoms with Gasteiger partial charge in [0.1, 0.15) is 70.2 Å². The molecule has 4 heterocycles. The fourth-order valence-electron chi connectivity index (χ4n) is 10.2. The molecule has 0 bridgehead atoms. The zero-order valence-corrected chi connectivity index (χ0v) is 62.5. The molecule has 0 aliphatic carbocycles. The number of phenolic OH excluding ortho intramolecular Hbond substituents is 1. The number of primary amides is 1. The number of carbonyl (C=O) groups excluding carboxylic acids is 11. The van der Waals surface area contributed by atoms with Gasteiger partial charge in [-0.1, -0.05) is 89.4 Å². The summed E-state index contributed by atoms with van der Waals surface area (Å²) in [6.45, 7) is 7.28. The van der Waals surface area contributed by atoms with Crippen molar-refractivity contribution in [3.8, 4) is 5.75 Å². The minimum Gasteiger partial charge on any atom is -0.747 e. The molecule has 2 aliphatic rings. The number of aliphatic hydroxyl groups is 1. The molecule has 4 aromatic rings. The van der Waals surface area contributed by atoms with E-state index < -0.39 is 144 Å². The second-order valence-corrected chi connectivity index (χ2v) is 32.4. The smallest absolute Gasteiger partial charge is 0.747 e. The van der Waals surface area contributed by atoms with Crippen LogP contribution in [0.1, 0.15) is 96.4 Å². The number of fused-ring (bicyclic) bond motifs is 1. The van der Waals surface area contributed by atoms with E-state index in [4.69, 9.17) is 21.9 Å². The van der Waals surface area contributed by atoms with E-state index >= 15 is 0 Å². The van der Waals surface area contributed by atoms with Gasteiger partial charge in [0.05, 0.1) is 25.1 Å². The first-order chi connectivity index (χ1) is 46.1. The zero-order valence-electron chi connectivity index (χ0n) is 55.4. The van der Waals surface area contributed by atoms with Gasteiger partial charge >= 0.3 is 35.6 Å². The number of hydrogen-bond donors (Lipinski definition) is 17. The maximum absolute atomic E-state index is 14.8. The maximum Gasteiger partial charge on any atom is 1.00 e. The normalized spacial score (nSPS) is 16.5. The first-order valence-electron chi connectivity index (χ1n) is 31.0. The van der Waals surface area contributed by atoms with Crippen molar-refractivity contribution in [2.75, 3.05) is 26.3 Å². The van der Waals surface area contributed by atoms with Gasteiger partial charge in [0.25, 0.3) is 5.91 Å². The number of aromatic hydroxyl groups is 1. The number of aromatic amines is 2. The van der Waals surface area contributed by atoms with Crippen LogP contribution in [0.25, 0.3) is 10.9 Å². The average Bonchev–Trinajstić information content (AvgIpc) is 1.73. The number of nitrogens with one attached hydrogen (secondary N) is 12. The molecule has 39 heteroatoms. The first-order valence-corrected chi connectivity index (χ1v) is 35.0. The van der Waals surface area contributed by atoms with Crippen LogP contribution in [0, 0.1) is 5.92 Å². The summed E-state index contributed by atoms with van der Waals surface area (Å²) in [6.07, 6.45) is 4.91. The molecule has 0 unspecified atom stereocenters. The van der Waals surface area contributed by atoms with Gasteiger partial charge in [0.15, 0.2) is 7.22 Å². The third-order valence-corrected chi connectivity index (χ3v) is 19.2. The van der Waals surface area contributed by atoms with Crippen LogP contribution in [0.4, 0.5) is 4.79 Å². The van der Waals surface area contributed by atoms with Crippen LogP contribution in [-0.4, -0.2) is 202 Å². The van der Waals surface area contributed by atoms with Crippen LogP contribution in [0.3, 0.4) is 0 Å². The van der Waals surface area contributed by atoms with E-state index in [0.717, 1.165) is 0 Å². The number of hydrazine groups is 1. The van der Waals surface area contributed by atoms with E-state index in [2.05, 4.69) is 67.9 Å². The Morgan fingerprint density at radius 2 is 1.32 bits per heavy atom. The zero-order chi connectivity index (χ0) is 72.6. The molecule has 12 amide bonds. The number of H-pyrrole nitrogens is 2. The number of para-hydroxylation sites is 1. The van der Waals surface area contributed by atoms with Crippen LogP contribution < -0.4 is 100 Å². The van der Waals surface area contributed by atoms with Crippen LogP contribution >= 0.6 is 45.2 Å². The fraction of sp³-hybridized carbons (Fsp3) is 0.517. The fourth-order valence-corrected chi connectivity index (χ4v) is 10.2. The number of alkyl halides is 2. The summed E-state index contributed by atoms with van der Waals surface area (Å²) < 4.78 is 34.5. The third-order valence-electron chi connectivity index (χ3n) is 15.1. The molecule has 2 aromatic carbocycles. The number of benzene rings is 2. The minimum absolute atomic E-state index is 0. The number of likely N-dealkylation sites (tertiary alicyclic amines) is 1. The molecular weight excluding hydrogens is 1550 g/mol. The Balaban J connectivity index is 0.00000246. The Morgan fingerprint density at radius 3 is 1.89 bits per heavy atom. The molecule has 0 spiro atoms. The Morgan fingerprint density at radius 1 is 0.758 bits per heavy atom. The summed E-state index contributed by atoms with van der Waals surface area (Å²) in [5, 5.41) is 42.8. The van der Waals surface area contributed by atoms with E-state index in [1.807, 2.05) is 5.43 Å². The molecule has 0 radical (unpaired) electrons. The van der Waals surface area contributed by atoms with Crippen LogP contribution in [0.2, 0.25) is 0 Å². The molecule has 35 nitrogen and oxygen atoms in total. The van der Waals surface area contributed by atoms with Gasteiger partial charge in [0, 0.05) is 67.8 Å². The summed E-state index contributed by atoms with van der Waals surface area (Å²) >= 11 is 3.07. The van der Waals surface area contributed by atoms with Gasteiger partial charge in [-0.25, -0.2) is 23.6 Å². The maximum atomic E-state index is 14.8. The van der Waals surface area contributed by atoms with E-state index in [1.165, 1.54) is 86.9 Å². The number of hydrogen-bond acceptors (Lipinski definition) is 19. The predicted octanol–water partition coefficient (Wildman–Crippen LogP) is -5.42. The molecule has 99 heavy (non-hydrogen) atoms. The van der Waals surface area contributed by atoms with Gasteiger partial charge < -0.3 is 94.1 Å². The van der Waals surface area contributed by atoms with Gasteiger partial charge in [-0.15, -0.1) is 0 Å². The van der Waals surface area contributed by atoms with Crippen molar-refractivity contribution in [3.05, 3.63) is 84.1 Å². The van der Waals surface area contributed by atoms with E-state index in [0.29, 0.717) is 34.1 Å². The van der Waals surface area contributed by atoms with Crippen LogP contribution in [0.15, 0.2) is 72.2 Å². The van der Waals surface area contributed by atoms with E-state index in [9.17, 15) is 75.9 Å². The van der Waals surface area contributed by atoms with Crippen molar-refractivity contribution in [3.63, 3.8) is 0 Å². The van der Waals surface area contributed by atoms with Gasteiger partial charge in [0.2, 0.25) is 53.2 Å². The number of halogens is 2. The van der Waals surface area contributed by atoms with Gasteiger partial charge in [-0.3, -0.25) is 58.4 Å².